The summed E-state index contributed by atoms with van der Waals surface area (Å²) in [5.74, 6) is 0.700. The van der Waals surface area contributed by atoms with Gasteiger partial charge in [-0.25, -0.2) is 9.78 Å². The fraction of sp³-hybridized carbons (Fsp3) is 0.265. The number of pyridine rings is 1. The van der Waals surface area contributed by atoms with Gasteiger partial charge in [-0.05, 0) is 80.5 Å². The number of ether oxygens (including phenoxy) is 1. The summed E-state index contributed by atoms with van der Waals surface area (Å²) in [5, 5.41) is 16.8. The Kier molecular flexibility index (Phi) is 7.43. The van der Waals surface area contributed by atoms with Gasteiger partial charge in [0, 0.05) is 19.3 Å². The maximum absolute atomic E-state index is 13.6. The molecule has 0 spiro atoms. The Balaban J connectivity index is 1.12. The van der Waals surface area contributed by atoms with Crippen molar-refractivity contribution in [2.75, 3.05) is 28.6 Å². The second kappa shape index (κ2) is 11.7. The zero-order valence-electron chi connectivity index (χ0n) is 24.6. The number of nitrogens with zero attached hydrogens (tertiary/aromatic N) is 4. The first-order valence-corrected chi connectivity index (χ1v) is 15.8. The molecule has 10 nitrogen and oxygen atoms in total. The number of amides is 4. The summed E-state index contributed by atoms with van der Waals surface area (Å²) in [6.45, 7) is 2.67. The standard InChI is InChI=1S/C34H30N6O4S/c1-20-16-25(44-24-7-3-2-4-8-24)11-12-26(20)40-27-13-14-36-31-28(27)29(37-34(40)43)32(45-31)38-30(41)22-6-5-15-39(19-22)33(42)23(18-35)17-21-9-10-21/h2-4,7-8,11-14,16-17,21-22H,5-6,9-10,15,19H2,1H3,(H,37,43)(H,38,41)/b23-17+. The van der Waals surface area contributed by atoms with Crippen molar-refractivity contribution in [1.82, 2.24) is 9.88 Å². The predicted octanol–water partition coefficient (Wildman–Crippen LogP) is 7.12. The first kappa shape index (κ1) is 28.6. The molecule has 2 N–H and O–H groups in total. The zero-order chi connectivity index (χ0) is 31.1. The van der Waals surface area contributed by atoms with E-state index in [0.29, 0.717) is 57.9 Å². The van der Waals surface area contributed by atoms with Crippen molar-refractivity contribution in [1.29, 1.82) is 5.26 Å². The number of urea groups is 1. The molecule has 1 unspecified atom stereocenters. The van der Waals surface area contributed by atoms with Crippen LogP contribution < -0.4 is 20.3 Å². The van der Waals surface area contributed by atoms with Crippen molar-refractivity contribution < 1.29 is 19.1 Å². The Labute approximate surface area is 263 Å². The number of anilines is 4. The molecule has 11 heteroatoms. The number of benzene rings is 2. The molecule has 1 saturated heterocycles. The maximum atomic E-state index is 13.6. The molecule has 2 aromatic carbocycles. The van der Waals surface area contributed by atoms with Crippen molar-refractivity contribution in [3.05, 3.63) is 78.0 Å². The molecule has 4 heterocycles. The van der Waals surface area contributed by atoms with Crippen molar-refractivity contribution in [3.8, 4) is 17.6 Å². The number of thiophene rings is 1. The molecule has 1 atom stereocenters. The second-order valence-corrected chi connectivity index (χ2v) is 12.6. The number of aryl methyl sites for hydroxylation is 1. The molecule has 226 valence electrons. The van der Waals surface area contributed by atoms with E-state index in [-0.39, 0.29) is 30.0 Å². The number of nitriles is 1. The third-order valence-electron chi connectivity index (χ3n) is 8.33. The first-order chi connectivity index (χ1) is 21.9. The van der Waals surface area contributed by atoms with E-state index in [1.165, 1.54) is 11.3 Å². The van der Waals surface area contributed by atoms with Gasteiger partial charge in [0.1, 0.15) is 33.0 Å². The fourth-order valence-corrected chi connectivity index (χ4v) is 6.92. The molecule has 4 aromatic rings. The van der Waals surface area contributed by atoms with Crippen LogP contribution in [0.4, 0.5) is 26.9 Å². The Morgan fingerprint density at radius 3 is 2.69 bits per heavy atom. The minimum Gasteiger partial charge on any atom is -0.457 e. The quantitative estimate of drug-likeness (QED) is 0.168. The lowest BCUT2D eigenvalue weighted by atomic mass is 9.96. The van der Waals surface area contributed by atoms with E-state index in [1.807, 2.05) is 61.5 Å². The molecule has 2 aliphatic heterocycles. The SMILES string of the molecule is Cc1cc(Oc2ccccc2)ccc1N1C(=O)Nc2c(NC(=O)C3CCCN(C(=O)/C(C#N)=C/C4CC4)C3)sc3nccc1c23. The van der Waals surface area contributed by atoms with Gasteiger partial charge < -0.3 is 20.3 Å². The average molecular weight is 619 g/mol. The molecular weight excluding hydrogens is 588 g/mol. The highest BCUT2D eigenvalue weighted by molar-refractivity contribution is 7.23. The molecule has 1 saturated carbocycles. The topological polar surface area (TPSA) is 128 Å². The van der Waals surface area contributed by atoms with Crippen molar-refractivity contribution >= 4 is 61.5 Å². The van der Waals surface area contributed by atoms with Crippen LogP contribution in [0.3, 0.4) is 0 Å². The third kappa shape index (κ3) is 5.60. The summed E-state index contributed by atoms with van der Waals surface area (Å²) in [6, 6.07) is 18.6. The molecular formula is C34H30N6O4S. The minimum absolute atomic E-state index is 0.159. The lowest BCUT2D eigenvalue weighted by Gasteiger charge is -2.32. The number of hydrogen-bond acceptors (Lipinski definition) is 7. The Morgan fingerprint density at radius 2 is 1.93 bits per heavy atom. The maximum Gasteiger partial charge on any atom is 0.331 e. The van der Waals surface area contributed by atoms with Crippen LogP contribution in [0, 0.1) is 30.1 Å². The number of allylic oxidation sites excluding steroid dienone is 1. The van der Waals surface area contributed by atoms with Crippen molar-refractivity contribution in [3.63, 3.8) is 0 Å². The normalized spacial score (nSPS) is 17.9. The third-order valence-corrected chi connectivity index (χ3v) is 9.34. The Hall–Kier alpha value is -5.21. The van der Waals surface area contributed by atoms with Gasteiger partial charge >= 0.3 is 6.03 Å². The highest BCUT2D eigenvalue weighted by atomic mass is 32.1. The minimum atomic E-state index is -0.441. The molecule has 3 aliphatic rings. The van der Waals surface area contributed by atoms with Crippen molar-refractivity contribution in [2.24, 2.45) is 11.8 Å². The Bertz CT molecular complexity index is 1910. The number of hydrogen-bond donors (Lipinski definition) is 2. The average Bonchev–Trinajstić information content (AvgIpc) is 3.81. The van der Waals surface area contributed by atoms with Gasteiger partial charge in [-0.15, -0.1) is 0 Å². The van der Waals surface area contributed by atoms with Crippen molar-refractivity contribution in [2.45, 2.75) is 32.6 Å². The fourth-order valence-electron chi connectivity index (χ4n) is 5.89. The van der Waals surface area contributed by atoms with Gasteiger partial charge in [-0.3, -0.25) is 14.5 Å². The number of rotatable bonds is 7. The van der Waals surface area contributed by atoms with E-state index in [0.717, 1.165) is 29.5 Å². The summed E-state index contributed by atoms with van der Waals surface area (Å²) in [4.78, 5) is 48.6. The van der Waals surface area contributed by atoms with Gasteiger partial charge in [-0.1, -0.05) is 35.6 Å². The number of carbonyl (C=O) groups is 3. The highest BCUT2D eigenvalue weighted by Gasteiger charge is 2.35. The van der Waals surface area contributed by atoms with Gasteiger partial charge in [-0.2, -0.15) is 5.26 Å². The van der Waals surface area contributed by atoms with Gasteiger partial charge in [0.05, 0.1) is 28.4 Å². The van der Waals surface area contributed by atoms with Crippen LogP contribution >= 0.6 is 11.3 Å². The number of para-hydroxylation sites is 1. The molecule has 7 rings (SSSR count). The van der Waals surface area contributed by atoms with E-state index >= 15 is 0 Å². The number of aromatic nitrogens is 1. The summed E-state index contributed by atoms with van der Waals surface area (Å²) in [5.41, 5.74) is 2.88. The lowest BCUT2D eigenvalue weighted by Crippen LogP contribution is -2.44. The number of piperidine rings is 1. The molecule has 0 radical (unpaired) electrons. The van der Waals surface area contributed by atoms with Crippen LogP contribution in [0.15, 0.2) is 72.4 Å². The molecule has 0 bridgehead atoms. The van der Waals surface area contributed by atoms with E-state index in [2.05, 4.69) is 15.6 Å². The molecule has 2 fully saturated rings. The largest absolute Gasteiger partial charge is 0.457 e. The van der Waals surface area contributed by atoms with Crippen LogP contribution in [0.5, 0.6) is 11.5 Å². The lowest BCUT2D eigenvalue weighted by molar-refractivity contribution is -0.130. The molecule has 4 amide bonds. The monoisotopic (exact) mass is 618 g/mol. The Morgan fingerprint density at radius 1 is 1.11 bits per heavy atom. The van der Waals surface area contributed by atoms with Gasteiger partial charge in [0.2, 0.25) is 5.91 Å². The molecule has 1 aliphatic carbocycles. The zero-order valence-corrected chi connectivity index (χ0v) is 25.4. The van der Waals surface area contributed by atoms with E-state index in [9.17, 15) is 19.6 Å². The summed E-state index contributed by atoms with van der Waals surface area (Å²) in [6.07, 6.45) is 6.71. The molecule has 2 aromatic heterocycles. The van der Waals surface area contributed by atoms with Gasteiger partial charge in [0.25, 0.3) is 5.91 Å². The number of nitrogens with one attached hydrogen (secondary N) is 2. The van der Waals surface area contributed by atoms with Gasteiger partial charge in [0.15, 0.2) is 0 Å². The summed E-state index contributed by atoms with van der Waals surface area (Å²) >= 11 is 1.29. The van der Waals surface area contributed by atoms with Crippen LogP contribution in [0.25, 0.3) is 10.2 Å². The van der Waals surface area contributed by atoms with Crippen LogP contribution in [0.2, 0.25) is 0 Å². The second-order valence-electron chi connectivity index (χ2n) is 11.6. The van der Waals surface area contributed by atoms with E-state index < -0.39 is 5.92 Å². The first-order valence-electron chi connectivity index (χ1n) is 15.0. The van der Waals surface area contributed by atoms with E-state index in [4.69, 9.17) is 4.74 Å². The van der Waals surface area contributed by atoms with Crippen LogP contribution in [-0.4, -0.2) is 40.8 Å². The molecule has 45 heavy (non-hydrogen) atoms. The number of likely N-dealkylation sites (tertiary alicyclic amines) is 1. The highest BCUT2D eigenvalue weighted by Crippen LogP contribution is 2.49. The van der Waals surface area contributed by atoms with Crippen LogP contribution in [-0.2, 0) is 9.59 Å². The van der Waals surface area contributed by atoms with Crippen LogP contribution in [0.1, 0.15) is 31.2 Å². The number of carbonyl (C=O) groups excluding carboxylic acids is 3. The van der Waals surface area contributed by atoms with E-state index in [1.54, 1.807) is 28.1 Å². The smallest absolute Gasteiger partial charge is 0.331 e. The predicted molar refractivity (Wildman–Crippen MR) is 173 cm³/mol. The summed E-state index contributed by atoms with van der Waals surface area (Å²) < 4.78 is 5.98. The summed E-state index contributed by atoms with van der Waals surface area (Å²) in [7, 11) is 0.